The number of nitrogens with zero attached hydrogens (tertiary/aromatic N) is 4. The van der Waals surface area contributed by atoms with Crippen LogP contribution in [0, 0.1) is 0 Å². The van der Waals surface area contributed by atoms with Gasteiger partial charge in [0.1, 0.15) is 11.8 Å². The zero-order valence-electron chi connectivity index (χ0n) is 18.9. The molecule has 9 heteroatoms. The summed E-state index contributed by atoms with van der Waals surface area (Å²) in [4.78, 5) is 44.2. The number of rotatable bonds is 1. The summed E-state index contributed by atoms with van der Waals surface area (Å²) in [7, 11) is 1.67. The second-order valence-corrected chi connectivity index (χ2v) is 10.3. The topological polar surface area (TPSA) is 73.4 Å². The lowest BCUT2D eigenvalue weighted by molar-refractivity contribution is -0.157. The molecule has 0 saturated carbocycles. The maximum absolute atomic E-state index is 14.1. The Labute approximate surface area is 200 Å². The number of benzene rings is 2. The molecule has 2 atom stereocenters. The molecule has 2 aromatic carbocycles. The molecule has 5 rings (SSSR count). The van der Waals surface area contributed by atoms with Crippen molar-refractivity contribution in [1.29, 1.82) is 0 Å². The van der Waals surface area contributed by atoms with Crippen LogP contribution in [0.2, 0.25) is 0 Å². The number of likely N-dealkylation sites (N-methyl/N-ethyl adjacent to an activating group) is 1. The summed E-state index contributed by atoms with van der Waals surface area (Å²) in [6.45, 7) is 5.73. The van der Waals surface area contributed by atoms with Gasteiger partial charge >= 0.3 is 6.09 Å². The van der Waals surface area contributed by atoms with E-state index in [1.54, 1.807) is 33.9 Å². The molecule has 2 saturated heterocycles. The average molecular weight is 513 g/mol. The molecule has 3 heterocycles. The van der Waals surface area contributed by atoms with Gasteiger partial charge in [-0.25, -0.2) is 14.7 Å². The molecule has 0 aliphatic carbocycles. The van der Waals surface area contributed by atoms with E-state index < -0.39 is 23.5 Å². The smallest absolute Gasteiger partial charge is 0.414 e. The quantitative estimate of drug-likeness (QED) is 0.577. The van der Waals surface area contributed by atoms with Gasteiger partial charge in [-0.3, -0.25) is 9.59 Å². The van der Waals surface area contributed by atoms with Crippen molar-refractivity contribution in [3.63, 3.8) is 0 Å². The Morgan fingerprint density at radius 3 is 2.45 bits per heavy atom. The van der Waals surface area contributed by atoms with E-state index in [0.29, 0.717) is 17.8 Å². The predicted octanol–water partition coefficient (Wildman–Crippen LogP) is 3.98. The second-order valence-electron chi connectivity index (χ2n) is 9.42. The Hall–Kier alpha value is -2.91. The third-order valence-electron chi connectivity index (χ3n) is 6.25. The van der Waals surface area contributed by atoms with Gasteiger partial charge in [-0.2, -0.15) is 5.01 Å². The molecule has 0 aromatic heterocycles. The van der Waals surface area contributed by atoms with E-state index in [4.69, 9.17) is 4.74 Å². The van der Waals surface area contributed by atoms with Gasteiger partial charge in [0.2, 0.25) is 11.6 Å². The van der Waals surface area contributed by atoms with Gasteiger partial charge in [-0.1, -0.05) is 52.3 Å². The molecular weight excluding hydrogens is 488 g/mol. The molecule has 33 heavy (non-hydrogen) atoms. The Bertz CT molecular complexity index is 1180. The van der Waals surface area contributed by atoms with Crippen molar-refractivity contribution >= 4 is 39.5 Å². The van der Waals surface area contributed by atoms with E-state index >= 15 is 0 Å². The number of halogens is 1. The number of ether oxygens (including phenoxy) is 1. The predicted molar refractivity (Wildman–Crippen MR) is 125 cm³/mol. The number of hydrazine groups is 1. The summed E-state index contributed by atoms with van der Waals surface area (Å²) >= 11 is 3.61. The number of fused-ring (bicyclic) bond motifs is 4. The molecule has 2 aromatic rings. The zero-order valence-corrected chi connectivity index (χ0v) is 20.5. The highest BCUT2D eigenvalue weighted by Gasteiger charge is 2.71. The Morgan fingerprint density at radius 2 is 1.76 bits per heavy atom. The van der Waals surface area contributed by atoms with E-state index in [9.17, 15) is 14.4 Å². The number of carbonyl (C=O) groups excluding carboxylic acids is 3. The Morgan fingerprint density at radius 1 is 1.09 bits per heavy atom. The van der Waals surface area contributed by atoms with Crippen LogP contribution in [-0.4, -0.2) is 52.0 Å². The Balaban J connectivity index is 1.82. The summed E-state index contributed by atoms with van der Waals surface area (Å²) in [5.41, 5.74) is -0.460. The van der Waals surface area contributed by atoms with Crippen molar-refractivity contribution in [1.82, 2.24) is 14.9 Å². The van der Waals surface area contributed by atoms with Crippen LogP contribution in [0.15, 0.2) is 53.0 Å². The number of hydrogen-bond donors (Lipinski definition) is 0. The molecule has 0 unspecified atom stereocenters. The first-order valence-corrected chi connectivity index (χ1v) is 11.6. The highest BCUT2D eigenvalue weighted by atomic mass is 79.9. The molecule has 8 nitrogen and oxygen atoms in total. The molecule has 2 fully saturated rings. The SMILES string of the molecule is CN1C(=O)[C@@]2(c3ccccc31)N(C(=O)OC(C)(C)C)[C@H](c1ccccc1Br)N1CCC(=O)N12. The van der Waals surface area contributed by atoms with Gasteiger partial charge in [0.15, 0.2) is 0 Å². The molecular formula is C24H25BrN4O4. The van der Waals surface area contributed by atoms with Crippen molar-refractivity contribution in [2.75, 3.05) is 18.5 Å². The lowest BCUT2D eigenvalue weighted by Gasteiger charge is -2.38. The highest BCUT2D eigenvalue weighted by molar-refractivity contribution is 9.10. The van der Waals surface area contributed by atoms with Gasteiger partial charge in [0, 0.05) is 35.6 Å². The number of carbonyl (C=O) groups is 3. The lowest BCUT2D eigenvalue weighted by atomic mass is 9.97. The molecule has 3 aliphatic heterocycles. The second kappa shape index (κ2) is 7.30. The number of amides is 3. The van der Waals surface area contributed by atoms with Crippen LogP contribution in [0.5, 0.6) is 0 Å². The first-order chi connectivity index (χ1) is 15.6. The van der Waals surface area contributed by atoms with Crippen LogP contribution in [0.4, 0.5) is 10.5 Å². The average Bonchev–Trinajstić information content (AvgIpc) is 3.34. The van der Waals surface area contributed by atoms with Crippen LogP contribution >= 0.6 is 15.9 Å². The standard InChI is InChI=1S/C24H25BrN4O4/c1-23(2,3)33-22(32)28-20(15-9-5-7-11-17(15)25)27-14-13-19(30)29(27)24(28)16-10-6-8-12-18(16)26(4)21(24)31/h5-12,20H,13-14H2,1-4H3/t20-,24+/m1/s1. The van der Waals surface area contributed by atoms with Gasteiger partial charge in [0.05, 0.1) is 5.69 Å². The fraction of sp³-hybridized carbons (Fsp3) is 0.375. The summed E-state index contributed by atoms with van der Waals surface area (Å²) in [5.74, 6) is -0.582. The number of hydrogen-bond acceptors (Lipinski definition) is 5. The minimum Gasteiger partial charge on any atom is -0.444 e. The third-order valence-corrected chi connectivity index (χ3v) is 6.97. The number of para-hydroxylation sites is 1. The van der Waals surface area contributed by atoms with Gasteiger partial charge < -0.3 is 9.64 Å². The first kappa shape index (κ1) is 21.9. The van der Waals surface area contributed by atoms with E-state index in [1.165, 1.54) is 14.8 Å². The maximum atomic E-state index is 14.1. The van der Waals surface area contributed by atoms with Gasteiger partial charge in [-0.05, 0) is 32.9 Å². The Kier molecular flexibility index (Phi) is 4.84. The maximum Gasteiger partial charge on any atom is 0.414 e. The summed E-state index contributed by atoms with van der Waals surface area (Å²) in [6.07, 6.45) is -1.13. The third kappa shape index (κ3) is 2.95. The fourth-order valence-electron chi connectivity index (χ4n) is 5.05. The largest absolute Gasteiger partial charge is 0.444 e. The minimum absolute atomic E-state index is 0.212. The first-order valence-electron chi connectivity index (χ1n) is 10.8. The van der Waals surface area contributed by atoms with Gasteiger partial charge in [-0.15, -0.1) is 0 Å². The molecule has 0 N–H and O–H groups in total. The normalized spacial score (nSPS) is 24.6. The molecule has 3 amide bonds. The monoisotopic (exact) mass is 512 g/mol. The molecule has 3 aliphatic rings. The minimum atomic E-state index is -1.67. The number of anilines is 1. The van der Waals surface area contributed by atoms with Gasteiger partial charge in [0.25, 0.3) is 5.91 Å². The van der Waals surface area contributed by atoms with Crippen molar-refractivity contribution in [2.45, 2.75) is 44.6 Å². The van der Waals surface area contributed by atoms with Crippen LogP contribution in [0.1, 0.15) is 44.5 Å². The van der Waals surface area contributed by atoms with Crippen LogP contribution < -0.4 is 4.90 Å². The van der Waals surface area contributed by atoms with E-state index in [-0.39, 0.29) is 18.2 Å². The fourth-order valence-corrected chi connectivity index (χ4v) is 5.54. The molecule has 0 bridgehead atoms. The van der Waals surface area contributed by atoms with E-state index in [1.807, 2.05) is 47.5 Å². The van der Waals surface area contributed by atoms with E-state index in [2.05, 4.69) is 15.9 Å². The lowest BCUT2D eigenvalue weighted by Crippen LogP contribution is -2.60. The molecule has 1 spiro atoms. The van der Waals surface area contributed by atoms with Crippen LogP contribution in [-0.2, 0) is 20.0 Å². The summed E-state index contributed by atoms with van der Waals surface area (Å²) in [6, 6.07) is 14.8. The highest BCUT2D eigenvalue weighted by Crippen LogP contribution is 2.57. The van der Waals surface area contributed by atoms with Crippen molar-refractivity contribution in [2.24, 2.45) is 0 Å². The van der Waals surface area contributed by atoms with Crippen LogP contribution in [0.25, 0.3) is 0 Å². The van der Waals surface area contributed by atoms with Crippen molar-refractivity contribution in [3.8, 4) is 0 Å². The molecule has 172 valence electrons. The summed E-state index contributed by atoms with van der Waals surface area (Å²) < 4.78 is 6.61. The van der Waals surface area contributed by atoms with Crippen molar-refractivity contribution < 1.29 is 19.1 Å². The van der Waals surface area contributed by atoms with Crippen molar-refractivity contribution in [3.05, 3.63) is 64.1 Å². The summed E-state index contributed by atoms with van der Waals surface area (Å²) in [5, 5.41) is 3.30. The zero-order chi connectivity index (χ0) is 23.7. The molecule has 0 radical (unpaired) electrons. The van der Waals surface area contributed by atoms with Crippen LogP contribution in [0.3, 0.4) is 0 Å². The van der Waals surface area contributed by atoms with E-state index in [0.717, 1.165) is 10.0 Å².